The van der Waals surface area contributed by atoms with Crippen molar-refractivity contribution in [3.63, 3.8) is 0 Å². The number of ether oxygens (including phenoxy) is 3. The van der Waals surface area contributed by atoms with Crippen molar-refractivity contribution in [2.24, 2.45) is 0 Å². The van der Waals surface area contributed by atoms with E-state index in [0.717, 1.165) is 60.9 Å². The largest absolute Gasteiger partial charge is 0.493 e. The summed E-state index contributed by atoms with van der Waals surface area (Å²) < 4.78 is 16.9. The first-order valence-electron chi connectivity index (χ1n) is 9.03. The summed E-state index contributed by atoms with van der Waals surface area (Å²) in [5.74, 6) is 3.15. The third-order valence-corrected chi connectivity index (χ3v) is 5.46. The van der Waals surface area contributed by atoms with E-state index >= 15 is 0 Å². The molecule has 146 valence electrons. The standard InChI is InChI=1S/C20H26BrN3O3/c1-25-17-6-4-15(14-18(17)26-2)8-9-23-10-12-24(13-11-23)19-7-5-16(21)20(22-19)27-3/h4-7,14H,8-13H2,1-3H3. The summed E-state index contributed by atoms with van der Waals surface area (Å²) in [6.07, 6.45) is 0.991. The Bertz CT molecular complexity index is 764. The minimum atomic E-state index is 0.628. The van der Waals surface area contributed by atoms with Crippen LogP contribution in [0.5, 0.6) is 17.4 Å². The second-order valence-corrected chi connectivity index (χ2v) is 7.28. The Morgan fingerprint density at radius 2 is 1.67 bits per heavy atom. The van der Waals surface area contributed by atoms with E-state index in [2.05, 4.69) is 42.8 Å². The molecule has 7 heteroatoms. The van der Waals surface area contributed by atoms with Crippen LogP contribution in [0.2, 0.25) is 0 Å². The summed E-state index contributed by atoms with van der Waals surface area (Å²) >= 11 is 3.46. The lowest BCUT2D eigenvalue weighted by Crippen LogP contribution is -2.47. The highest BCUT2D eigenvalue weighted by Crippen LogP contribution is 2.28. The van der Waals surface area contributed by atoms with Gasteiger partial charge in [0.2, 0.25) is 5.88 Å². The molecule has 0 amide bonds. The number of piperazine rings is 1. The van der Waals surface area contributed by atoms with E-state index in [9.17, 15) is 0 Å². The Kier molecular flexibility index (Phi) is 6.79. The van der Waals surface area contributed by atoms with E-state index < -0.39 is 0 Å². The quantitative estimate of drug-likeness (QED) is 0.665. The molecule has 1 aliphatic heterocycles. The molecule has 0 unspecified atom stereocenters. The summed E-state index contributed by atoms with van der Waals surface area (Å²) in [4.78, 5) is 9.38. The number of hydrogen-bond acceptors (Lipinski definition) is 6. The molecule has 0 radical (unpaired) electrons. The molecule has 0 N–H and O–H groups in total. The van der Waals surface area contributed by atoms with E-state index in [1.807, 2.05) is 18.2 Å². The molecule has 0 atom stereocenters. The van der Waals surface area contributed by atoms with Gasteiger partial charge in [0.05, 0.1) is 25.8 Å². The lowest BCUT2D eigenvalue weighted by atomic mass is 10.1. The first-order valence-corrected chi connectivity index (χ1v) is 9.82. The van der Waals surface area contributed by atoms with E-state index in [1.165, 1.54) is 5.56 Å². The summed E-state index contributed by atoms with van der Waals surface area (Å²) in [7, 11) is 4.97. The van der Waals surface area contributed by atoms with Gasteiger partial charge in [-0.05, 0) is 52.2 Å². The summed E-state index contributed by atoms with van der Waals surface area (Å²) in [6.45, 7) is 4.99. The number of anilines is 1. The number of nitrogens with zero attached hydrogens (tertiary/aromatic N) is 3. The number of aromatic nitrogens is 1. The first kappa shape index (κ1) is 19.8. The van der Waals surface area contributed by atoms with Gasteiger partial charge in [0.1, 0.15) is 5.82 Å². The number of methoxy groups -OCH3 is 3. The van der Waals surface area contributed by atoms with Gasteiger partial charge in [-0.15, -0.1) is 0 Å². The fraction of sp³-hybridized carbons (Fsp3) is 0.450. The number of halogens is 1. The molecule has 0 aliphatic carbocycles. The molecule has 1 aromatic heterocycles. The molecule has 1 aliphatic rings. The van der Waals surface area contributed by atoms with Crippen molar-refractivity contribution in [1.29, 1.82) is 0 Å². The van der Waals surface area contributed by atoms with E-state index in [1.54, 1.807) is 21.3 Å². The molecule has 1 aromatic carbocycles. The predicted molar refractivity (Wildman–Crippen MR) is 110 cm³/mol. The van der Waals surface area contributed by atoms with Crippen molar-refractivity contribution in [2.75, 3.05) is 59.0 Å². The molecule has 0 spiro atoms. The van der Waals surface area contributed by atoms with Gasteiger partial charge in [0, 0.05) is 32.7 Å². The second kappa shape index (κ2) is 9.28. The molecule has 2 aromatic rings. The van der Waals surface area contributed by atoms with Gasteiger partial charge in [-0.25, -0.2) is 0 Å². The van der Waals surface area contributed by atoms with Gasteiger partial charge in [-0.2, -0.15) is 4.98 Å². The van der Waals surface area contributed by atoms with Gasteiger partial charge in [0.25, 0.3) is 0 Å². The van der Waals surface area contributed by atoms with Crippen molar-refractivity contribution >= 4 is 21.7 Å². The maximum atomic E-state index is 5.39. The third kappa shape index (κ3) is 4.84. The Morgan fingerprint density at radius 1 is 0.926 bits per heavy atom. The molecule has 3 rings (SSSR count). The lowest BCUT2D eigenvalue weighted by molar-refractivity contribution is 0.260. The first-order chi connectivity index (χ1) is 13.1. The van der Waals surface area contributed by atoms with Gasteiger partial charge in [-0.1, -0.05) is 6.07 Å². The summed E-state index contributed by atoms with van der Waals surface area (Å²) in [6, 6.07) is 10.2. The van der Waals surface area contributed by atoms with Gasteiger partial charge >= 0.3 is 0 Å². The topological polar surface area (TPSA) is 47.1 Å². The molecule has 2 heterocycles. The van der Waals surface area contributed by atoms with Crippen LogP contribution in [0.25, 0.3) is 0 Å². The van der Waals surface area contributed by atoms with Crippen LogP contribution >= 0.6 is 15.9 Å². The monoisotopic (exact) mass is 435 g/mol. The highest BCUT2D eigenvalue weighted by molar-refractivity contribution is 9.10. The van der Waals surface area contributed by atoms with Crippen molar-refractivity contribution in [2.45, 2.75) is 6.42 Å². The number of hydrogen-bond donors (Lipinski definition) is 0. The van der Waals surface area contributed by atoms with Crippen LogP contribution in [0.1, 0.15) is 5.56 Å². The number of benzene rings is 1. The van der Waals surface area contributed by atoms with Gasteiger partial charge in [0.15, 0.2) is 11.5 Å². The minimum Gasteiger partial charge on any atom is -0.493 e. The molecule has 27 heavy (non-hydrogen) atoms. The Morgan fingerprint density at radius 3 is 2.33 bits per heavy atom. The van der Waals surface area contributed by atoms with Crippen molar-refractivity contribution in [3.8, 4) is 17.4 Å². The molecule has 0 bridgehead atoms. The highest BCUT2D eigenvalue weighted by atomic mass is 79.9. The smallest absolute Gasteiger partial charge is 0.229 e. The van der Waals surface area contributed by atoms with Crippen LogP contribution in [0, 0.1) is 0 Å². The predicted octanol–water partition coefficient (Wildman–Crippen LogP) is 3.23. The number of rotatable bonds is 7. The van der Waals surface area contributed by atoms with Crippen LogP contribution in [0.4, 0.5) is 5.82 Å². The molecular weight excluding hydrogens is 410 g/mol. The highest BCUT2D eigenvalue weighted by Gasteiger charge is 2.19. The SMILES string of the molecule is COc1ccc(CCN2CCN(c3ccc(Br)c(OC)n3)CC2)cc1OC. The maximum Gasteiger partial charge on any atom is 0.229 e. The van der Waals surface area contributed by atoms with Crippen LogP contribution in [-0.2, 0) is 6.42 Å². The Labute approximate surface area is 169 Å². The molecule has 6 nitrogen and oxygen atoms in total. The zero-order valence-electron chi connectivity index (χ0n) is 16.1. The fourth-order valence-corrected chi connectivity index (χ4v) is 3.64. The molecule has 1 saturated heterocycles. The van der Waals surface area contributed by atoms with E-state index in [0.29, 0.717) is 5.88 Å². The average Bonchev–Trinajstić information content (AvgIpc) is 2.72. The molecular formula is C20H26BrN3O3. The zero-order chi connectivity index (χ0) is 19.2. The van der Waals surface area contributed by atoms with Crippen LogP contribution in [0.15, 0.2) is 34.8 Å². The minimum absolute atomic E-state index is 0.628. The van der Waals surface area contributed by atoms with Crippen LogP contribution in [0.3, 0.4) is 0 Å². The molecule has 1 fully saturated rings. The number of pyridine rings is 1. The Balaban J connectivity index is 1.52. The van der Waals surface area contributed by atoms with Crippen molar-refractivity contribution in [1.82, 2.24) is 9.88 Å². The van der Waals surface area contributed by atoms with Gasteiger partial charge in [-0.3, -0.25) is 4.90 Å². The fourth-order valence-electron chi connectivity index (χ4n) is 3.26. The lowest BCUT2D eigenvalue weighted by Gasteiger charge is -2.35. The zero-order valence-corrected chi connectivity index (χ0v) is 17.7. The van der Waals surface area contributed by atoms with Crippen molar-refractivity contribution < 1.29 is 14.2 Å². The normalized spacial score (nSPS) is 14.9. The second-order valence-electron chi connectivity index (χ2n) is 6.43. The van der Waals surface area contributed by atoms with Crippen LogP contribution in [-0.4, -0.2) is 63.9 Å². The third-order valence-electron chi connectivity index (χ3n) is 4.85. The van der Waals surface area contributed by atoms with Crippen LogP contribution < -0.4 is 19.1 Å². The van der Waals surface area contributed by atoms with Gasteiger partial charge < -0.3 is 19.1 Å². The Hall–Kier alpha value is -1.99. The van der Waals surface area contributed by atoms with E-state index in [4.69, 9.17) is 14.2 Å². The summed E-state index contributed by atoms with van der Waals surface area (Å²) in [5.41, 5.74) is 1.26. The summed E-state index contributed by atoms with van der Waals surface area (Å²) in [5, 5.41) is 0. The average molecular weight is 436 g/mol. The maximum absolute atomic E-state index is 5.39. The van der Waals surface area contributed by atoms with E-state index in [-0.39, 0.29) is 0 Å². The molecule has 0 saturated carbocycles. The van der Waals surface area contributed by atoms with Crippen molar-refractivity contribution in [3.05, 3.63) is 40.4 Å².